The highest BCUT2D eigenvalue weighted by Crippen LogP contribution is 2.26. The van der Waals surface area contributed by atoms with Crippen molar-refractivity contribution in [1.82, 2.24) is 30.4 Å². The zero-order valence-electron chi connectivity index (χ0n) is 18.5. The van der Waals surface area contributed by atoms with Crippen molar-refractivity contribution in [3.05, 3.63) is 59.4 Å². The molecule has 1 unspecified atom stereocenters. The van der Waals surface area contributed by atoms with Gasteiger partial charge in [0.05, 0.1) is 5.69 Å². The van der Waals surface area contributed by atoms with Crippen LogP contribution in [0.4, 0.5) is 0 Å². The number of benzene rings is 2. The molecule has 0 saturated heterocycles. The standard InChI is InChI=1S/C23H30N6O/c1-15(2)22-25-26-27-29(22)21-12-19(18-9-7-16(3)8-10-18)11-20(13-21)23(30)24-17(4)14-28(5)6/h7-13,15,17H,14H2,1-6H3,(H,24,30). The maximum Gasteiger partial charge on any atom is 0.251 e. The van der Waals surface area contributed by atoms with Gasteiger partial charge in [-0.25, -0.2) is 0 Å². The molecule has 0 spiro atoms. The van der Waals surface area contributed by atoms with Crippen LogP contribution in [-0.4, -0.2) is 57.7 Å². The number of nitrogens with zero attached hydrogens (tertiary/aromatic N) is 5. The lowest BCUT2D eigenvalue weighted by Gasteiger charge is -2.19. The zero-order chi connectivity index (χ0) is 21.8. The summed E-state index contributed by atoms with van der Waals surface area (Å²) in [5, 5.41) is 15.3. The molecule has 1 N–H and O–H groups in total. The molecule has 3 rings (SSSR count). The molecule has 1 aromatic heterocycles. The molecule has 0 aliphatic carbocycles. The van der Waals surface area contributed by atoms with E-state index >= 15 is 0 Å². The number of hydrogen-bond donors (Lipinski definition) is 1. The predicted molar refractivity (Wildman–Crippen MR) is 119 cm³/mol. The molecule has 30 heavy (non-hydrogen) atoms. The van der Waals surface area contributed by atoms with Crippen molar-refractivity contribution >= 4 is 5.91 Å². The molecule has 1 atom stereocenters. The Balaban J connectivity index is 2.05. The lowest BCUT2D eigenvalue weighted by Crippen LogP contribution is -2.39. The summed E-state index contributed by atoms with van der Waals surface area (Å²) in [4.78, 5) is 15.1. The molecule has 7 nitrogen and oxygen atoms in total. The number of hydrogen-bond acceptors (Lipinski definition) is 5. The summed E-state index contributed by atoms with van der Waals surface area (Å²) in [6, 6.07) is 14.1. The summed E-state index contributed by atoms with van der Waals surface area (Å²) in [5.74, 6) is 0.794. The van der Waals surface area contributed by atoms with E-state index in [1.165, 1.54) is 5.56 Å². The molecule has 0 fully saturated rings. The molecule has 7 heteroatoms. The molecule has 3 aromatic rings. The van der Waals surface area contributed by atoms with Gasteiger partial charge >= 0.3 is 0 Å². The van der Waals surface area contributed by atoms with Crippen molar-refractivity contribution in [2.45, 2.75) is 39.7 Å². The molecule has 2 aromatic carbocycles. The van der Waals surface area contributed by atoms with Crippen molar-refractivity contribution < 1.29 is 4.79 Å². The SMILES string of the molecule is Cc1ccc(-c2cc(C(=O)NC(C)CN(C)C)cc(-n3nnnc3C(C)C)c2)cc1. The number of tetrazole rings is 1. The van der Waals surface area contributed by atoms with Crippen LogP contribution in [0, 0.1) is 6.92 Å². The second-order valence-corrected chi connectivity index (χ2v) is 8.37. The first kappa shape index (κ1) is 21.6. The number of likely N-dealkylation sites (N-methyl/N-ethyl adjacent to an activating group) is 1. The highest BCUT2D eigenvalue weighted by atomic mass is 16.1. The van der Waals surface area contributed by atoms with Gasteiger partial charge in [-0.05, 0) is 67.7 Å². The van der Waals surface area contributed by atoms with Crippen molar-refractivity contribution in [2.75, 3.05) is 20.6 Å². The van der Waals surface area contributed by atoms with E-state index in [9.17, 15) is 4.79 Å². The molecule has 1 heterocycles. The summed E-state index contributed by atoms with van der Waals surface area (Å²) in [7, 11) is 3.98. The minimum atomic E-state index is -0.112. The van der Waals surface area contributed by atoms with Crippen LogP contribution in [0.2, 0.25) is 0 Å². The van der Waals surface area contributed by atoms with Crippen LogP contribution in [-0.2, 0) is 0 Å². The number of nitrogens with one attached hydrogen (secondary N) is 1. The number of aromatic nitrogens is 4. The van der Waals surface area contributed by atoms with Gasteiger partial charge in [0.15, 0.2) is 5.82 Å². The first-order valence-electron chi connectivity index (χ1n) is 10.2. The van der Waals surface area contributed by atoms with Crippen LogP contribution >= 0.6 is 0 Å². The predicted octanol–water partition coefficient (Wildman–Crippen LogP) is 3.44. The average molecular weight is 407 g/mol. The number of aryl methyl sites for hydroxylation is 1. The number of carbonyl (C=O) groups excluding carboxylic acids is 1. The molecular formula is C23H30N6O. The average Bonchev–Trinajstić information content (AvgIpc) is 3.17. The zero-order valence-corrected chi connectivity index (χ0v) is 18.5. The van der Waals surface area contributed by atoms with Crippen LogP contribution in [0.25, 0.3) is 16.8 Å². The van der Waals surface area contributed by atoms with Crippen LogP contribution in [0.3, 0.4) is 0 Å². The quantitative estimate of drug-likeness (QED) is 0.650. The molecule has 1 amide bonds. The first-order valence-corrected chi connectivity index (χ1v) is 10.2. The summed E-state index contributed by atoms with van der Waals surface area (Å²) in [5.41, 5.74) is 4.53. The van der Waals surface area contributed by atoms with E-state index in [1.807, 2.05) is 53.1 Å². The number of amides is 1. The van der Waals surface area contributed by atoms with E-state index in [0.29, 0.717) is 5.56 Å². The van der Waals surface area contributed by atoms with Crippen molar-refractivity contribution in [2.24, 2.45) is 0 Å². The summed E-state index contributed by atoms with van der Waals surface area (Å²) in [6.07, 6.45) is 0. The molecular weight excluding hydrogens is 376 g/mol. The van der Waals surface area contributed by atoms with Gasteiger partial charge in [0.1, 0.15) is 0 Å². The van der Waals surface area contributed by atoms with E-state index in [1.54, 1.807) is 4.68 Å². The van der Waals surface area contributed by atoms with E-state index in [2.05, 4.69) is 56.9 Å². The Labute approximate surface area is 178 Å². The van der Waals surface area contributed by atoms with Crippen molar-refractivity contribution in [3.63, 3.8) is 0 Å². The Bertz CT molecular complexity index is 1010. The molecule has 0 aliphatic rings. The Morgan fingerprint density at radius 2 is 1.77 bits per heavy atom. The third-order valence-electron chi connectivity index (χ3n) is 4.84. The lowest BCUT2D eigenvalue weighted by atomic mass is 10.00. The number of rotatable bonds is 7. The highest BCUT2D eigenvalue weighted by molar-refractivity contribution is 5.96. The highest BCUT2D eigenvalue weighted by Gasteiger charge is 2.17. The van der Waals surface area contributed by atoms with Gasteiger partial charge in [-0.1, -0.05) is 43.7 Å². The smallest absolute Gasteiger partial charge is 0.251 e. The maximum atomic E-state index is 13.0. The number of carbonyl (C=O) groups is 1. The van der Waals surface area contributed by atoms with Gasteiger partial charge in [-0.2, -0.15) is 4.68 Å². The topological polar surface area (TPSA) is 75.9 Å². The molecule has 0 radical (unpaired) electrons. The van der Waals surface area contributed by atoms with E-state index < -0.39 is 0 Å². The van der Waals surface area contributed by atoms with Gasteiger partial charge < -0.3 is 10.2 Å². The Morgan fingerprint density at radius 3 is 2.40 bits per heavy atom. The van der Waals surface area contributed by atoms with Crippen LogP contribution in [0.15, 0.2) is 42.5 Å². The molecule has 0 aliphatic heterocycles. The van der Waals surface area contributed by atoms with Gasteiger partial charge in [0.2, 0.25) is 0 Å². The fourth-order valence-electron chi connectivity index (χ4n) is 3.42. The van der Waals surface area contributed by atoms with Gasteiger partial charge in [0, 0.05) is 24.1 Å². The maximum absolute atomic E-state index is 13.0. The van der Waals surface area contributed by atoms with E-state index in [4.69, 9.17) is 0 Å². The summed E-state index contributed by atoms with van der Waals surface area (Å²) < 4.78 is 1.71. The van der Waals surface area contributed by atoms with Crippen molar-refractivity contribution in [3.8, 4) is 16.8 Å². The Morgan fingerprint density at radius 1 is 1.07 bits per heavy atom. The minimum absolute atomic E-state index is 0.0262. The van der Waals surface area contributed by atoms with Gasteiger partial charge in [-0.3, -0.25) is 4.79 Å². The summed E-state index contributed by atoms with van der Waals surface area (Å²) in [6.45, 7) is 8.91. The van der Waals surface area contributed by atoms with Gasteiger partial charge in [-0.15, -0.1) is 5.10 Å². The minimum Gasteiger partial charge on any atom is -0.348 e. The molecule has 0 bridgehead atoms. The van der Waals surface area contributed by atoms with Crippen LogP contribution in [0.5, 0.6) is 0 Å². The first-order chi connectivity index (χ1) is 14.2. The van der Waals surface area contributed by atoms with Crippen LogP contribution in [0.1, 0.15) is 48.4 Å². The fourth-order valence-corrected chi connectivity index (χ4v) is 3.42. The lowest BCUT2D eigenvalue weighted by molar-refractivity contribution is 0.0934. The van der Waals surface area contributed by atoms with Crippen LogP contribution < -0.4 is 5.32 Å². The third kappa shape index (κ3) is 5.10. The normalized spacial score (nSPS) is 12.4. The molecule has 158 valence electrons. The second-order valence-electron chi connectivity index (χ2n) is 8.37. The van der Waals surface area contributed by atoms with Gasteiger partial charge in [0.25, 0.3) is 5.91 Å². The third-order valence-corrected chi connectivity index (χ3v) is 4.84. The largest absolute Gasteiger partial charge is 0.348 e. The van der Waals surface area contributed by atoms with Crippen molar-refractivity contribution in [1.29, 1.82) is 0 Å². The van der Waals surface area contributed by atoms with E-state index in [0.717, 1.165) is 29.2 Å². The summed E-state index contributed by atoms with van der Waals surface area (Å²) >= 11 is 0. The fraction of sp³-hybridized carbons (Fsp3) is 0.391. The Kier molecular flexibility index (Phi) is 6.62. The van der Waals surface area contributed by atoms with E-state index in [-0.39, 0.29) is 17.9 Å². The molecule has 0 saturated carbocycles. The Hall–Kier alpha value is -3.06. The monoisotopic (exact) mass is 406 g/mol. The second kappa shape index (κ2) is 9.17.